The summed E-state index contributed by atoms with van der Waals surface area (Å²) in [6.07, 6.45) is 1.56. The van der Waals surface area contributed by atoms with Crippen molar-refractivity contribution in [2.75, 3.05) is 0 Å². The molecule has 0 saturated carbocycles. The fraction of sp³-hybridized carbons (Fsp3) is 0.0667. The van der Waals surface area contributed by atoms with Gasteiger partial charge in [0.25, 0.3) is 5.91 Å². The van der Waals surface area contributed by atoms with Gasteiger partial charge in [-0.25, -0.2) is 0 Å². The number of benzene rings is 1. The zero-order chi connectivity index (χ0) is 14.7. The van der Waals surface area contributed by atoms with Crippen LogP contribution in [-0.2, 0) is 6.54 Å². The van der Waals surface area contributed by atoms with Crippen LogP contribution in [0, 0.1) is 0 Å². The minimum Gasteiger partial charge on any atom is -0.461 e. The normalized spacial score (nSPS) is 10.5. The van der Waals surface area contributed by atoms with E-state index in [1.54, 1.807) is 36.6 Å². The van der Waals surface area contributed by atoms with Crippen LogP contribution in [0.5, 0.6) is 0 Å². The number of hydrogen-bond donors (Lipinski definition) is 1. The van der Waals surface area contributed by atoms with Crippen molar-refractivity contribution in [3.8, 4) is 11.5 Å². The molecule has 6 heteroatoms. The van der Waals surface area contributed by atoms with Gasteiger partial charge in [0.1, 0.15) is 5.69 Å². The Bertz CT molecular complexity index is 750. The van der Waals surface area contributed by atoms with Gasteiger partial charge in [0, 0.05) is 16.1 Å². The van der Waals surface area contributed by atoms with Crippen molar-refractivity contribution in [3.05, 3.63) is 64.5 Å². The standard InChI is InChI=1S/C15H11BrN2O3/c16-11-4-1-3-10(7-11)15(19)17-9-12-8-14(21-18-12)13-5-2-6-20-13/h1-8H,9H2,(H,17,19). The fourth-order valence-corrected chi connectivity index (χ4v) is 2.23. The molecule has 0 spiro atoms. The van der Waals surface area contributed by atoms with E-state index in [4.69, 9.17) is 8.94 Å². The van der Waals surface area contributed by atoms with Gasteiger partial charge in [-0.05, 0) is 30.3 Å². The molecule has 0 aliphatic heterocycles. The molecule has 0 saturated heterocycles. The lowest BCUT2D eigenvalue weighted by molar-refractivity contribution is 0.0950. The van der Waals surface area contributed by atoms with Crippen LogP contribution in [-0.4, -0.2) is 11.1 Å². The van der Waals surface area contributed by atoms with Crippen LogP contribution in [0.4, 0.5) is 0 Å². The summed E-state index contributed by atoms with van der Waals surface area (Å²) in [5.41, 5.74) is 1.21. The molecule has 3 rings (SSSR count). The third-order valence-electron chi connectivity index (χ3n) is 2.84. The number of carbonyl (C=O) groups excluding carboxylic acids is 1. The van der Waals surface area contributed by atoms with Gasteiger partial charge in [0.2, 0.25) is 5.76 Å². The Morgan fingerprint density at radius 2 is 2.10 bits per heavy atom. The minimum absolute atomic E-state index is 0.168. The van der Waals surface area contributed by atoms with Crippen LogP contribution in [0.15, 0.2) is 62.1 Å². The number of hydrogen-bond acceptors (Lipinski definition) is 4. The molecule has 0 unspecified atom stereocenters. The maximum atomic E-state index is 12.0. The Hall–Kier alpha value is -2.34. The van der Waals surface area contributed by atoms with Gasteiger partial charge in [-0.2, -0.15) is 0 Å². The molecule has 2 heterocycles. The molecule has 0 bridgehead atoms. The van der Waals surface area contributed by atoms with Crippen molar-refractivity contribution in [3.63, 3.8) is 0 Å². The first-order valence-corrected chi connectivity index (χ1v) is 7.05. The van der Waals surface area contributed by atoms with Crippen LogP contribution in [0.3, 0.4) is 0 Å². The summed E-state index contributed by atoms with van der Waals surface area (Å²) in [6.45, 7) is 0.287. The first-order valence-electron chi connectivity index (χ1n) is 6.25. The third kappa shape index (κ3) is 3.22. The summed E-state index contributed by atoms with van der Waals surface area (Å²) in [6, 6.07) is 12.5. The Morgan fingerprint density at radius 3 is 2.86 bits per heavy atom. The van der Waals surface area contributed by atoms with Crippen molar-refractivity contribution < 1.29 is 13.7 Å². The maximum Gasteiger partial charge on any atom is 0.251 e. The predicted octanol–water partition coefficient (Wildman–Crippen LogP) is 3.63. The lowest BCUT2D eigenvalue weighted by Gasteiger charge is -2.03. The molecule has 2 aromatic heterocycles. The molecule has 106 valence electrons. The first kappa shape index (κ1) is 13.6. The van der Waals surface area contributed by atoms with Gasteiger partial charge < -0.3 is 14.3 Å². The second kappa shape index (κ2) is 5.97. The van der Waals surface area contributed by atoms with E-state index in [9.17, 15) is 4.79 Å². The van der Waals surface area contributed by atoms with Gasteiger partial charge >= 0.3 is 0 Å². The quantitative estimate of drug-likeness (QED) is 0.783. The fourth-order valence-electron chi connectivity index (χ4n) is 1.83. The number of nitrogens with zero attached hydrogens (tertiary/aromatic N) is 1. The molecular weight excluding hydrogens is 336 g/mol. The van der Waals surface area contributed by atoms with E-state index in [-0.39, 0.29) is 12.5 Å². The third-order valence-corrected chi connectivity index (χ3v) is 3.33. The van der Waals surface area contributed by atoms with Gasteiger partial charge in [0.05, 0.1) is 12.8 Å². The SMILES string of the molecule is O=C(NCc1cc(-c2ccco2)on1)c1cccc(Br)c1. The number of carbonyl (C=O) groups is 1. The van der Waals surface area contributed by atoms with Crippen molar-refractivity contribution in [1.29, 1.82) is 0 Å². The molecule has 0 fully saturated rings. The number of rotatable bonds is 4. The van der Waals surface area contributed by atoms with E-state index < -0.39 is 0 Å². The molecule has 0 aliphatic carbocycles. The highest BCUT2D eigenvalue weighted by Crippen LogP contribution is 2.20. The van der Waals surface area contributed by atoms with Crippen LogP contribution in [0.1, 0.15) is 16.1 Å². The summed E-state index contributed by atoms with van der Waals surface area (Å²) in [4.78, 5) is 12.0. The van der Waals surface area contributed by atoms with E-state index in [1.807, 2.05) is 12.1 Å². The largest absolute Gasteiger partial charge is 0.461 e. The highest BCUT2D eigenvalue weighted by atomic mass is 79.9. The number of amides is 1. The second-order valence-corrected chi connectivity index (χ2v) is 5.27. The zero-order valence-corrected chi connectivity index (χ0v) is 12.5. The topological polar surface area (TPSA) is 68.3 Å². The highest BCUT2D eigenvalue weighted by molar-refractivity contribution is 9.10. The number of aromatic nitrogens is 1. The summed E-state index contributed by atoms with van der Waals surface area (Å²) in [7, 11) is 0. The van der Waals surface area contributed by atoms with Crippen LogP contribution in [0.2, 0.25) is 0 Å². The van der Waals surface area contributed by atoms with Gasteiger partial charge in [-0.15, -0.1) is 0 Å². The van der Waals surface area contributed by atoms with E-state index in [1.165, 1.54) is 0 Å². The first-order chi connectivity index (χ1) is 10.2. The molecule has 3 aromatic rings. The molecule has 0 aliphatic rings. The van der Waals surface area contributed by atoms with E-state index in [2.05, 4.69) is 26.4 Å². The summed E-state index contributed by atoms with van der Waals surface area (Å²) < 4.78 is 11.2. The Kier molecular flexibility index (Phi) is 3.87. The average molecular weight is 347 g/mol. The van der Waals surface area contributed by atoms with Gasteiger partial charge in [0.15, 0.2) is 5.76 Å². The van der Waals surface area contributed by atoms with Crippen LogP contribution >= 0.6 is 15.9 Å². The lowest BCUT2D eigenvalue weighted by atomic mass is 10.2. The molecule has 1 amide bonds. The van der Waals surface area contributed by atoms with Crippen molar-refractivity contribution in [1.82, 2.24) is 10.5 Å². The van der Waals surface area contributed by atoms with E-state index >= 15 is 0 Å². The summed E-state index contributed by atoms with van der Waals surface area (Å²) in [5, 5.41) is 6.68. The lowest BCUT2D eigenvalue weighted by Crippen LogP contribution is -2.22. The van der Waals surface area contributed by atoms with Gasteiger partial charge in [-0.3, -0.25) is 4.79 Å². The highest BCUT2D eigenvalue weighted by Gasteiger charge is 2.11. The van der Waals surface area contributed by atoms with Crippen molar-refractivity contribution in [2.45, 2.75) is 6.54 Å². The molecule has 0 atom stereocenters. The average Bonchev–Trinajstić information content (AvgIpc) is 3.15. The van der Waals surface area contributed by atoms with Crippen molar-refractivity contribution in [2.24, 2.45) is 0 Å². The van der Waals surface area contributed by atoms with Crippen LogP contribution < -0.4 is 5.32 Å². The Labute approximate surface area is 129 Å². The van der Waals surface area contributed by atoms with Crippen LogP contribution in [0.25, 0.3) is 11.5 Å². The second-order valence-electron chi connectivity index (χ2n) is 4.35. The maximum absolute atomic E-state index is 12.0. The van der Waals surface area contributed by atoms with Crippen molar-refractivity contribution >= 4 is 21.8 Å². The zero-order valence-electron chi connectivity index (χ0n) is 10.9. The molecule has 0 radical (unpaired) electrons. The molecule has 1 N–H and O–H groups in total. The Balaban J connectivity index is 1.64. The monoisotopic (exact) mass is 346 g/mol. The van der Waals surface area contributed by atoms with E-state index in [0.717, 1.165) is 4.47 Å². The number of halogens is 1. The molecular formula is C15H11BrN2O3. The number of nitrogens with one attached hydrogen (secondary N) is 1. The summed E-state index contributed by atoms with van der Waals surface area (Å²) >= 11 is 3.33. The van der Waals surface area contributed by atoms with Gasteiger partial charge in [-0.1, -0.05) is 27.2 Å². The minimum atomic E-state index is -0.168. The Morgan fingerprint density at radius 1 is 1.19 bits per heavy atom. The molecule has 21 heavy (non-hydrogen) atoms. The molecule has 5 nitrogen and oxygen atoms in total. The smallest absolute Gasteiger partial charge is 0.251 e. The number of furan rings is 1. The summed E-state index contributed by atoms with van der Waals surface area (Å²) in [5.74, 6) is 0.970. The predicted molar refractivity (Wildman–Crippen MR) is 79.5 cm³/mol. The molecule has 1 aromatic carbocycles. The van der Waals surface area contributed by atoms with E-state index in [0.29, 0.717) is 22.8 Å².